The van der Waals surface area contributed by atoms with Gasteiger partial charge in [0, 0.05) is 30.6 Å². The Morgan fingerprint density at radius 2 is 1.71 bits per heavy atom. The number of hydrogen-bond acceptors (Lipinski definition) is 4. The largest absolute Gasteiger partial charge is 0.330 e. The summed E-state index contributed by atoms with van der Waals surface area (Å²) in [7, 11) is 0. The van der Waals surface area contributed by atoms with E-state index in [0.29, 0.717) is 22.7 Å². The lowest BCUT2D eigenvalue weighted by molar-refractivity contribution is 0.0459. The lowest BCUT2D eigenvalue weighted by atomic mass is 9.51. The van der Waals surface area contributed by atoms with Crippen LogP contribution in [0.4, 0.5) is 5.82 Å². The Morgan fingerprint density at radius 1 is 0.951 bits per heavy atom. The van der Waals surface area contributed by atoms with Crippen molar-refractivity contribution in [2.24, 2.45) is 11.3 Å². The lowest BCUT2D eigenvalue weighted by Crippen LogP contribution is -2.49. The quantitative estimate of drug-likeness (QED) is 0.258. The molecule has 41 heavy (non-hydrogen) atoms. The van der Waals surface area contributed by atoms with Crippen molar-refractivity contribution in [1.82, 2.24) is 9.97 Å². The monoisotopic (exact) mass is 565 g/mol. The van der Waals surface area contributed by atoms with Gasteiger partial charge in [-0.15, -0.1) is 11.3 Å². The first kappa shape index (κ1) is 27.4. The number of pyridine rings is 1. The van der Waals surface area contributed by atoms with Gasteiger partial charge in [0.2, 0.25) is 0 Å². The summed E-state index contributed by atoms with van der Waals surface area (Å²) in [5.41, 5.74) is 7.91. The van der Waals surface area contributed by atoms with Gasteiger partial charge < -0.3 is 4.90 Å². The van der Waals surface area contributed by atoms with Crippen LogP contribution < -0.4 is 4.90 Å². The predicted octanol–water partition coefficient (Wildman–Crippen LogP) is 10.1. The van der Waals surface area contributed by atoms with Crippen molar-refractivity contribution in [2.75, 3.05) is 11.4 Å². The highest BCUT2D eigenvalue weighted by Crippen LogP contribution is 2.58. The number of allylic oxidation sites excluding steroid dienone is 1. The third-order valence-electron chi connectivity index (χ3n) is 11.4. The van der Waals surface area contributed by atoms with Gasteiger partial charge in [-0.05, 0) is 129 Å². The Labute approximate surface area is 251 Å². The summed E-state index contributed by atoms with van der Waals surface area (Å²) < 4.78 is 0. The highest BCUT2D eigenvalue weighted by atomic mass is 32.1. The summed E-state index contributed by atoms with van der Waals surface area (Å²) in [6.07, 6.45) is 22.3. The van der Waals surface area contributed by atoms with Gasteiger partial charge in [0.25, 0.3) is 0 Å². The number of rotatable bonds is 9. The smallest absolute Gasteiger partial charge is 0.133 e. The van der Waals surface area contributed by atoms with Crippen LogP contribution in [0.1, 0.15) is 118 Å². The number of aryl methyl sites for hydroxylation is 2. The van der Waals surface area contributed by atoms with E-state index in [1.54, 1.807) is 5.56 Å². The molecule has 5 saturated carbocycles. The summed E-state index contributed by atoms with van der Waals surface area (Å²) in [6.45, 7) is 10.5. The molecule has 2 bridgehead atoms. The number of thiazole rings is 1. The normalized spacial score (nSPS) is 26.3. The SMILES string of the molecule is C=C(C1CCCCC1)N(CC12CCC(c3ccc(CC)c(C)c3)(CC1)CC2)c1cc(-c2cnc(C3CC3)s2)ccn1. The Morgan fingerprint density at radius 3 is 2.39 bits per heavy atom. The molecule has 2 aromatic heterocycles. The van der Waals surface area contributed by atoms with E-state index in [4.69, 9.17) is 16.5 Å². The summed E-state index contributed by atoms with van der Waals surface area (Å²) in [5, 5.41) is 1.31. The standard InChI is InChI=1S/C37H47N3S/c1-4-28-12-13-32(22-26(28)2)37-18-15-36(16-19-37,17-20-37)25-40(27(3)29-8-6-5-7-9-29)34-23-31(14-21-38-34)33-24-39-35(41-33)30-10-11-30/h12-14,21-24,29-30H,3-11,15-20,25H2,1-2H3. The zero-order valence-electron chi connectivity index (χ0n) is 25.3. The highest BCUT2D eigenvalue weighted by Gasteiger charge is 2.50. The van der Waals surface area contributed by atoms with E-state index in [0.717, 1.165) is 18.8 Å². The molecule has 0 aliphatic heterocycles. The summed E-state index contributed by atoms with van der Waals surface area (Å²) in [4.78, 5) is 13.7. The van der Waals surface area contributed by atoms with Crippen molar-refractivity contribution >= 4 is 17.2 Å². The molecule has 3 aromatic rings. The van der Waals surface area contributed by atoms with E-state index in [9.17, 15) is 0 Å². The molecule has 0 amide bonds. The van der Waals surface area contributed by atoms with Gasteiger partial charge in [-0.25, -0.2) is 9.97 Å². The molecule has 216 valence electrons. The van der Waals surface area contributed by atoms with Gasteiger partial charge in [0.1, 0.15) is 5.82 Å². The number of nitrogens with zero attached hydrogens (tertiary/aromatic N) is 3. The fraction of sp³-hybridized carbons (Fsp3) is 0.568. The van der Waals surface area contributed by atoms with Crippen LogP contribution in [0.5, 0.6) is 0 Å². The third-order valence-corrected chi connectivity index (χ3v) is 12.6. The van der Waals surface area contributed by atoms with Crippen molar-refractivity contribution in [1.29, 1.82) is 0 Å². The molecular formula is C37H47N3S. The molecule has 4 heteroatoms. The zero-order chi connectivity index (χ0) is 28.0. The molecule has 0 radical (unpaired) electrons. The topological polar surface area (TPSA) is 29.0 Å². The molecule has 5 aliphatic rings. The summed E-state index contributed by atoms with van der Waals surface area (Å²) >= 11 is 1.88. The second kappa shape index (κ2) is 11.0. The van der Waals surface area contributed by atoms with E-state index in [1.165, 1.54) is 116 Å². The van der Waals surface area contributed by atoms with Crippen LogP contribution in [-0.2, 0) is 11.8 Å². The van der Waals surface area contributed by atoms with Crippen LogP contribution in [0.3, 0.4) is 0 Å². The maximum atomic E-state index is 5.02. The first-order valence-corrected chi connectivity index (χ1v) is 17.3. The van der Waals surface area contributed by atoms with Gasteiger partial charge in [-0.3, -0.25) is 0 Å². The first-order chi connectivity index (χ1) is 20.0. The van der Waals surface area contributed by atoms with Crippen LogP contribution in [0.2, 0.25) is 0 Å². The molecule has 5 fully saturated rings. The fourth-order valence-corrected chi connectivity index (χ4v) is 9.42. The van der Waals surface area contributed by atoms with Gasteiger partial charge in [-0.2, -0.15) is 0 Å². The van der Waals surface area contributed by atoms with Crippen LogP contribution >= 0.6 is 11.3 Å². The Kier molecular flexibility index (Phi) is 7.34. The number of fused-ring (bicyclic) bond motifs is 3. The minimum Gasteiger partial charge on any atom is -0.330 e. The van der Waals surface area contributed by atoms with Gasteiger partial charge in [-0.1, -0.05) is 51.0 Å². The lowest BCUT2D eigenvalue weighted by Gasteiger charge is -2.55. The molecule has 3 nitrogen and oxygen atoms in total. The maximum absolute atomic E-state index is 5.02. The van der Waals surface area contributed by atoms with Crippen LogP contribution in [0.25, 0.3) is 10.4 Å². The third kappa shape index (κ3) is 5.31. The minimum atomic E-state index is 0.360. The molecule has 0 unspecified atom stereocenters. The second-order valence-electron chi connectivity index (χ2n) is 13.9. The Bertz CT molecular complexity index is 1380. The molecule has 8 rings (SSSR count). The summed E-state index contributed by atoms with van der Waals surface area (Å²) in [5.74, 6) is 2.39. The molecule has 5 aliphatic carbocycles. The molecule has 2 heterocycles. The molecule has 0 atom stereocenters. The van der Waals surface area contributed by atoms with Crippen molar-refractivity contribution in [3.8, 4) is 10.4 Å². The van der Waals surface area contributed by atoms with Crippen LogP contribution in [0.15, 0.2) is 55.0 Å². The average molecular weight is 566 g/mol. The molecule has 1 aromatic carbocycles. The average Bonchev–Trinajstić information content (AvgIpc) is 3.77. The van der Waals surface area contributed by atoms with E-state index in [2.05, 4.69) is 55.3 Å². The number of benzene rings is 1. The number of aromatic nitrogens is 2. The number of hydrogen-bond donors (Lipinski definition) is 0. The molecule has 0 saturated heterocycles. The molecule has 0 spiro atoms. The van der Waals surface area contributed by atoms with Gasteiger partial charge >= 0.3 is 0 Å². The van der Waals surface area contributed by atoms with Crippen molar-refractivity contribution < 1.29 is 0 Å². The Hall–Kier alpha value is -2.46. The van der Waals surface area contributed by atoms with Gasteiger partial charge in [0.15, 0.2) is 0 Å². The number of anilines is 1. The van der Waals surface area contributed by atoms with Gasteiger partial charge in [0.05, 0.1) is 9.88 Å². The predicted molar refractivity (Wildman–Crippen MR) is 173 cm³/mol. The van der Waals surface area contributed by atoms with E-state index in [-0.39, 0.29) is 0 Å². The van der Waals surface area contributed by atoms with Crippen molar-refractivity contribution in [3.63, 3.8) is 0 Å². The first-order valence-electron chi connectivity index (χ1n) is 16.5. The van der Waals surface area contributed by atoms with E-state index < -0.39 is 0 Å². The van der Waals surface area contributed by atoms with Crippen molar-refractivity contribution in [2.45, 2.75) is 115 Å². The second-order valence-corrected chi connectivity index (χ2v) is 15.0. The van der Waals surface area contributed by atoms with Crippen LogP contribution in [-0.4, -0.2) is 16.5 Å². The fourth-order valence-electron chi connectivity index (χ4n) is 8.34. The molecular weight excluding hydrogens is 518 g/mol. The summed E-state index contributed by atoms with van der Waals surface area (Å²) in [6, 6.07) is 11.9. The zero-order valence-corrected chi connectivity index (χ0v) is 26.1. The Balaban J connectivity index is 1.15. The van der Waals surface area contributed by atoms with Crippen LogP contribution in [0, 0.1) is 18.3 Å². The van der Waals surface area contributed by atoms with E-state index in [1.807, 2.05) is 17.5 Å². The van der Waals surface area contributed by atoms with E-state index >= 15 is 0 Å². The van der Waals surface area contributed by atoms with Crippen molar-refractivity contribution in [3.05, 3.63) is 76.7 Å². The minimum absolute atomic E-state index is 0.360. The highest BCUT2D eigenvalue weighted by molar-refractivity contribution is 7.15. The maximum Gasteiger partial charge on any atom is 0.133 e. The molecule has 0 N–H and O–H groups in total.